The largest absolute Gasteiger partial charge is 0.472 e. The highest BCUT2D eigenvalue weighted by Crippen LogP contribution is 2.43. The molecule has 0 aliphatic heterocycles. The lowest BCUT2D eigenvalue weighted by Crippen LogP contribution is -2.37. The normalized spacial score (nSPS) is 13.6. The molecule has 0 aromatic rings. The van der Waals surface area contributed by atoms with Crippen LogP contribution in [0, 0.1) is 0 Å². The van der Waals surface area contributed by atoms with Crippen molar-refractivity contribution in [2.24, 2.45) is 0 Å². The molecular formula is C49H101NO7P+. The van der Waals surface area contributed by atoms with Crippen LogP contribution >= 0.6 is 7.82 Å². The van der Waals surface area contributed by atoms with Gasteiger partial charge in [0.05, 0.1) is 34.4 Å². The van der Waals surface area contributed by atoms with Crippen molar-refractivity contribution in [1.82, 2.24) is 0 Å². The van der Waals surface area contributed by atoms with Gasteiger partial charge in [0.25, 0.3) is 0 Å². The molecular weight excluding hydrogens is 746 g/mol. The van der Waals surface area contributed by atoms with Gasteiger partial charge in [0, 0.05) is 13.0 Å². The first-order chi connectivity index (χ1) is 28.1. The summed E-state index contributed by atoms with van der Waals surface area (Å²) in [6, 6.07) is 0. The minimum absolute atomic E-state index is 0.0942. The van der Waals surface area contributed by atoms with Crippen molar-refractivity contribution in [3.63, 3.8) is 0 Å². The molecule has 9 heteroatoms. The predicted molar refractivity (Wildman–Crippen MR) is 248 cm³/mol. The first-order valence-electron chi connectivity index (χ1n) is 25.3. The molecule has 0 amide bonds. The van der Waals surface area contributed by atoms with E-state index in [1.54, 1.807) is 0 Å². The van der Waals surface area contributed by atoms with Crippen molar-refractivity contribution in [3.8, 4) is 0 Å². The quantitative estimate of drug-likeness (QED) is 0.0282. The lowest BCUT2D eigenvalue weighted by molar-refractivity contribution is -0.870. The summed E-state index contributed by atoms with van der Waals surface area (Å²) in [5.41, 5.74) is 0. The van der Waals surface area contributed by atoms with E-state index in [2.05, 4.69) is 13.8 Å². The second kappa shape index (κ2) is 43.2. The summed E-state index contributed by atoms with van der Waals surface area (Å²) in [5, 5.41) is 0. The molecule has 0 aromatic carbocycles. The number of unbranched alkanes of at least 4 members (excludes halogenated alkanes) is 34. The van der Waals surface area contributed by atoms with Gasteiger partial charge in [-0.3, -0.25) is 13.8 Å². The minimum Gasteiger partial charge on any atom is -0.457 e. The molecule has 0 saturated heterocycles. The minimum atomic E-state index is -4.27. The fourth-order valence-corrected chi connectivity index (χ4v) is 8.24. The number of carbonyl (C=O) groups excluding carboxylic acids is 1. The van der Waals surface area contributed by atoms with Crippen LogP contribution in [0.4, 0.5) is 0 Å². The lowest BCUT2D eigenvalue weighted by Gasteiger charge is -2.24. The number of ether oxygens (including phenoxy) is 2. The van der Waals surface area contributed by atoms with E-state index in [1.165, 1.54) is 199 Å². The number of phosphoric acid groups is 1. The van der Waals surface area contributed by atoms with Gasteiger partial charge >= 0.3 is 13.8 Å². The molecule has 0 aliphatic rings. The number of carbonyl (C=O) groups is 1. The van der Waals surface area contributed by atoms with E-state index in [-0.39, 0.29) is 25.8 Å². The van der Waals surface area contributed by atoms with E-state index in [4.69, 9.17) is 18.5 Å². The molecule has 0 rings (SSSR count). The van der Waals surface area contributed by atoms with Crippen LogP contribution in [0.5, 0.6) is 0 Å². The van der Waals surface area contributed by atoms with Crippen LogP contribution in [0.15, 0.2) is 0 Å². The third-order valence-electron chi connectivity index (χ3n) is 11.4. The number of esters is 1. The van der Waals surface area contributed by atoms with Gasteiger partial charge < -0.3 is 18.9 Å². The molecule has 0 aromatic heterocycles. The van der Waals surface area contributed by atoms with Gasteiger partial charge in [-0.1, -0.05) is 232 Å². The maximum Gasteiger partial charge on any atom is 0.472 e. The van der Waals surface area contributed by atoms with Crippen LogP contribution in [-0.2, 0) is 27.9 Å². The SMILES string of the molecule is CCCCCCCCCCCCCCCCCCCCCOCC(COP(=O)(O)OCC[N+](C)(C)C)OC(=O)CCCCCCCCCCCCCCCCCCC. The second-order valence-corrected chi connectivity index (χ2v) is 20.0. The summed E-state index contributed by atoms with van der Waals surface area (Å²) < 4.78 is 35.2. The Morgan fingerprint density at radius 2 is 0.793 bits per heavy atom. The third-order valence-corrected chi connectivity index (χ3v) is 12.4. The summed E-state index contributed by atoms with van der Waals surface area (Å²) in [4.78, 5) is 23.0. The van der Waals surface area contributed by atoms with Crippen molar-refractivity contribution in [2.75, 3.05) is 54.1 Å². The smallest absolute Gasteiger partial charge is 0.457 e. The number of phosphoric ester groups is 1. The monoisotopic (exact) mass is 847 g/mol. The molecule has 8 nitrogen and oxygen atoms in total. The zero-order valence-corrected chi connectivity index (χ0v) is 40.5. The van der Waals surface area contributed by atoms with Crippen LogP contribution in [0.25, 0.3) is 0 Å². The van der Waals surface area contributed by atoms with Crippen LogP contribution in [-0.4, -0.2) is 75.6 Å². The summed E-state index contributed by atoms with van der Waals surface area (Å²) in [6.45, 7) is 5.70. The van der Waals surface area contributed by atoms with Crippen molar-refractivity contribution >= 4 is 13.8 Å². The summed E-state index contributed by atoms with van der Waals surface area (Å²) in [5.74, 6) is -0.305. The van der Waals surface area contributed by atoms with Crippen LogP contribution in [0.1, 0.15) is 251 Å². The Balaban J connectivity index is 4.09. The van der Waals surface area contributed by atoms with Crippen molar-refractivity contribution in [1.29, 1.82) is 0 Å². The first-order valence-corrected chi connectivity index (χ1v) is 26.8. The Morgan fingerprint density at radius 3 is 1.14 bits per heavy atom. The fraction of sp³-hybridized carbons (Fsp3) is 0.980. The van der Waals surface area contributed by atoms with Gasteiger partial charge in [-0.2, -0.15) is 0 Å². The van der Waals surface area contributed by atoms with E-state index >= 15 is 0 Å². The maximum absolute atomic E-state index is 12.7. The standard InChI is InChI=1S/C49H100NO7P/c1-6-8-10-12-14-16-18-20-22-24-25-27-29-31-33-35-37-39-41-44-54-46-48(47-56-58(52,53)55-45-43-50(3,4)5)57-49(51)42-40-38-36-34-32-30-28-26-23-21-19-17-15-13-11-9-7-2/h48H,6-47H2,1-5H3/p+1. The fourth-order valence-electron chi connectivity index (χ4n) is 7.50. The predicted octanol–water partition coefficient (Wildman–Crippen LogP) is 15.2. The third kappa shape index (κ3) is 46.6. The molecule has 0 aliphatic carbocycles. The highest BCUT2D eigenvalue weighted by Gasteiger charge is 2.26. The molecule has 1 N–H and O–H groups in total. The molecule has 348 valence electrons. The Morgan fingerprint density at radius 1 is 0.466 bits per heavy atom. The van der Waals surface area contributed by atoms with E-state index in [1.807, 2.05) is 21.1 Å². The van der Waals surface area contributed by atoms with Crippen LogP contribution < -0.4 is 0 Å². The first kappa shape index (κ1) is 57.5. The topological polar surface area (TPSA) is 91.3 Å². The van der Waals surface area contributed by atoms with Crippen LogP contribution in [0.3, 0.4) is 0 Å². The average Bonchev–Trinajstić information content (AvgIpc) is 3.18. The van der Waals surface area contributed by atoms with E-state index in [9.17, 15) is 14.3 Å². The van der Waals surface area contributed by atoms with Gasteiger partial charge in [-0.15, -0.1) is 0 Å². The molecule has 2 atom stereocenters. The highest BCUT2D eigenvalue weighted by atomic mass is 31.2. The maximum atomic E-state index is 12.7. The summed E-state index contributed by atoms with van der Waals surface area (Å²) in [6.07, 6.45) is 47.1. The molecule has 0 saturated carbocycles. The average molecular weight is 847 g/mol. The molecule has 0 spiro atoms. The number of likely N-dealkylation sites (N-methyl/N-ethyl adjacent to an activating group) is 1. The van der Waals surface area contributed by atoms with Gasteiger partial charge in [0.15, 0.2) is 0 Å². The van der Waals surface area contributed by atoms with Crippen molar-refractivity contribution in [2.45, 2.75) is 258 Å². The van der Waals surface area contributed by atoms with Gasteiger partial charge in [-0.05, 0) is 12.8 Å². The Hall–Kier alpha value is -0.500. The summed E-state index contributed by atoms with van der Waals surface area (Å²) in [7, 11) is 1.69. The number of quaternary nitrogens is 1. The molecule has 58 heavy (non-hydrogen) atoms. The molecule has 0 radical (unpaired) electrons. The Kier molecular flexibility index (Phi) is 42.8. The lowest BCUT2D eigenvalue weighted by atomic mass is 10.0. The van der Waals surface area contributed by atoms with Gasteiger partial charge in [0.1, 0.15) is 19.3 Å². The Bertz CT molecular complexity index is 899. The van der Waals surface area contributed by atoms with Crippen molar-refractivity contribution < 1.29 is 37.3 Å². The molecule has 0 bridgehead atoms. The molecule has 0 heterocycles. The number of hydrogen-bond acceptors (Lipinski definition) is 6. The van der Waals surface area contributed by atoms with E-state index in [0.29, 0.717) is 24.1 Å². The Labute approximate surface area is 361 Å². The zero-order valence-electron chi connectivity index (χ0n) is 39.6. The zero-order chi connectivity index (χ0) is 42.7. The van der Waals surface area contributed by atoms with Gasteiger partial charge in [0.2, 0.25) is 0 Å². The second-order valence-electron chi connectivity index (χ2n) is 18.6. The number of nitrogens with zero attached hydrogens (tertiary/aromatic N) is 1. The number of rotatable bonds is 48. The molecule has 0 fully saturated rings. The van der Waals surface area contributed by atoms with Gasteiger partial charge in [-0.25, -0.2) is 4.57 Å². The number of hydrogen-bond donors (Lipinski definition) is 1. The highest BCUT2D eigenvalue weighted by molar-refractivity contribution is 7.47. The molecule has 2 unspecified atom stereocenters. The van der Waals surface area contributed by atoms with E-state index < -0.39 is 13.9 Å². The van der Waals surface area contributed by atoms with Crippen LogP contribution in [0.2, 0.25) is 0 Å². The van der Waals surface area contributed by atoms with Crippen molar-refractivity contribution in [3.05, 3.63) is 0 Å². The summed E-state index contributed by atoms with van der Waals surface area (Å²) >= 11 is 0. The van der Waals surface area contributed by atoms with E-state index in [0.717, 1.165) is 32.1 Å².